The first-order valence-electron chi connectivity index (χ1n) is 8.96. The van der Waals surface area contributed by atoms with Crippen molar-refractivity contribution in [3.63, 3.8) is 0 Å². The first-order chi connectivity index (χ1) is 12.1. The molecule has 5 nitrogen and oxygen atoms in total. The molecule has 138 valence electrons. The molecular formula is C19H28BrN3O2. The van der Waals surface area contributed by atoms with Gasteiger partial charge < -0.3 is 5.32 Å². The molecule has 1 rings (SSSR count). The quantitative estimate of drug-likeness (QED) is 0.309. The lowest BCUT2D eigenvalue weighted by Crippen LogP contribution is -2.34. The monoisotopic (exact) mass is 409 g/mol. The largest absolute Gasteiger partial charge is 0.347 e. The summed E-state index contributed by atoms with van der Waals surface area (Å²) < 4.78 is 0.899. The number of hydrogen-bond donors (Lipinski definition) is 2. The van der Waals surface area contributed by atoms with Crippen molar-refractivity contribution < 1.29 is 9.59 Å². The Morgan fingerprint density at radius 1 is 1.04 bits per heavy atom. The highest BCUT2D eigenvalue weighted by molar-refractivity contribution is 9.10. The molecule has 0 saturated carbocycles. The Balaban J connectivity index is 2.09. The van der Waals surface area contributed by atoms with Crippen molar-refractivity contribution in [1.29, 1.82) is 0 Å². The highest BCUT2D eigenvalue weighted by atomic mass is 79.9. The van der Waals surface area contributed by atoms with Gasteiger partial charge in [-0.1, -0.05) is 79.6 Å². The Kier molecular flexibility index (Phi) is 11.6. The first kappa shape index (κ1) is 21.4. The van der Waals surface area contributed by atoms with E-state index in [0.29, 0.717) is 6.42 Å². The van der Waals surface area contributed by atoms with Crippen LogP contribution in [0.1, 0.15) is 63.9 Å². The number of amides is 2. The molecular weight excluding hydrogens is 382 g/mol. The van der Waals surface area contributed by atoms with E-state index in [-0.39, 0.29) is 18.4 Å². The van der Waals surface area contributed by atoms with Crippen LogP contribution < -0.4 is 10.7 Å². The van der Waals surface area contributed by atoms with Crippen LogP contribution in [0.4, 0.5) is 0 Å². The van der Waals surface area contributed by atoms with Crippen LogP contribution in [-0.4, -0.2) is 24.6 Å². The maximum absolute atomic E-state index is 11.7. The molecule has 0 fully saturated rings. The third-order valence-electron chi connectivity index (χ3n) is 3.75. The molecule has 0 aromatic heterocycles. The van der Waals surface area contributed by atoms with Crippen LogP contribution in [0.25, 0.3) is 0 Å². The van der Waals surface area contributed by atoms with Crippen molar-refractivity contribution in [2.24, 2.45) is 5.10 Å². The van der Waals surface area contributed by atoms with Crippen molar-refractivity contribution in [1.82, 2.24) is 10.7 Å². The normalized spacial score (nSPS) is 10.8. The van der Waals surface area contributed by atoms with Gasteiger partial charge in [0.05, 0.1) is 12.8 Å². The molecule has 0 spiro atoms. The fraction of sp³-hybridized carbons (Fsp3) is 0.526. The van der Waals surface area contributed by atoms with Crippen LogP contribution in [0.2, 0.25) is 0 Å². The number of hydrazone groups is 1. The van der Waals surface area contributed by atoms with Crippen molar-refractivity contribution in [2.45, 2.75) is 58.3 Å². The Bertz CT molecular complexity index is 561. The number of nitrogens with zero attached hydrogens (tertiary/aromatic N) is 1. The third kappa shape index (κ3) is 10.7. The van der Waals surface area contributed by atoms with Gasteiger partial charge >= 0.3 is 0 Å². The Morgan fingerprint density at radius 2 is 1.72 bits per heavy atom. The van der Waals surface area contributed by atoms with Crippen molar-refractivity contribution >= 4 is 34.0 Å². The molecule has 25 heavy (non-hydrogen) atoms. The average molecular weight is 410 g/mol. The summed E-state index contributed by atoms with van der Waals surface area (Å²) in [6, 6.07) is 7.57. The highest BCUT2D eigenvalue weighted by Crippen LogP contribution is 2.13. The summed E-state index contributed by atoms with van der Waals surface area (Å²) in [7, 11) is 0. The van der Waals surface area contributed by atoms with E-state index in [2.05, 4.69) is 38.7 Å². The van der Waals surface area contributed by atoms with Crippen molar-refractivity contribution in [3.05, 3.63) is 34.3 Å². The minimum Gasteiger partial charge on any atom is -0.347 e. The van der Waals surface area contributed by atoms with Crippen LogP contribution in [0.3, 0.4) is 0 Å². The van der Waals surface area contributed by atoms with E-state index in [4.69, 9.17) is 0 Å². The standard InChI is InChI=1S/C19H28BrN3O2/c1-2-3-4-5-6-7-8-13-18(24)21-15-19(25)23-22-14-16-11-9-10-12-17(16)20/h9-12,14H,2-8,13,15H2,1H3,(H,21,24)(H,23,25)/b22-14-. The third-order valence-corrected chi connectivity index (χ3v) is 4.47. The fourth-order valence-electron chi connectivity index (χ4n) is 2.30. The van der Waals surface area contributed by atoms with E-state index >= 15 is 0 Å². The number of rotatable bonds is 12. The van der Waals surface area contributed by atoms with Crippen molar-refractivity contribution in [3.8, 4) is 0 Å². The number of benzene rings is 1. The van der Waals surface area contributed by atoms with Gasteiger partial charge in [-0.15, -0.1) is 0 Å². The van der Waals surface area contributed by atoms with E-state index in [1.165, 1.54) is 32.1 Å². The first-order valence-corrected chi connectivity index (χ1v) is 9.76. The zero-order valence-electron chi connectivity index (χ0n) is 14.9. The second-order valence-corrected chi connectivity index (χ2v) is 6.82. The molecule has 1 aromatic carbocycles. The van der Waals surface area contributed by atoms with E-state index < -0.39 is 0 Å². The molecule has 0 aliphatic rings. The molecule has 6 heteroatoms. The summed E-state index contributed by atoms with van der Waals surface area (Å²) in [6.07, 6.45) is 10.2. The van der Waals surface area contributed by atoms with Gasteiger partial charge in [-0.3, -0.25) is 9.59 Å². The van der Waals surface area contributed by atoms with Gasteiger partial charge in [0.15, 0.2) is 0 Å². The summed E-state index contributed by atoms with van der Waals surface area (Å²) in [5.74, 6) is -0.422. The fourth-order valence-corrected chi connectivity index (χ4v) is 2.69. The van der Waals surface area contributed by atoms with Crippen LogP contribution >= 0.6 is 15.9 Å². The zero-order valence-corrected chi connectivity index (χ0v) is 16.5. The van der Waals surface area contributed by atoms with Gasteiger partial charge in [-0.25, -0.2) is 5.43 Å². The van der Waals surface area contributed by atoms with E-state index in [0.717, 1.165) is 22.9 Å². The Labute approximate surface area is 158 Å². The maximum Gasteiger partial charge on any atom is 0.259 e. The second-order valence-electron chi connectivity index (χ2n) is 5.96. The molecule has 0 saturated heterocycles. The number of carbonyl (C=O) groups is 2. The Hall–Kier alpha value is -1.69. The molecule has 0 aliphatic heterocycles. The van der Waals surface area contributed by atoms with Crippen LogP contribution in [0, 0.1) is 0 Å². The maximum atomic E-state index is 11.7. The summed E-state index contributed by atoms with van der Waals surface area (Å²) in [5.41, 5.74) is 3.27. The van der Waals surface area contributed by atoms with Gasteiger partial charge in [0.25, 0.3) is 5.91 Å². The van der Waals surface area contributed by atoms with Crippen LogP contribution in [0.15, 0.2) is 33.8 Å². The van der Waals surface area contributed by atoms with Gasteiger partial charge in [0, 0.05) is 16.5 Å². The SMILES string of the molecule is CCCCCCCCCC(=O)NCC(=O)N/N=C\c1ccccc1Br. The summed E-state index contributed by atoms with van der Waals surface area (Å²) in [6.45, 7) is 2.15. The molecule has 0 aliphatic carbocycles. The number of carbonyl (C=O) groups excluding carboxylic acids is 2. The summed E-state index contributed by atoms with van der Waals surface area (Å²) in [5, 5.41) is 6.50. The molecule has 0 atom stereocenters. The van der Waals surface area contributed by atoms with Crippen LogP contribution in [-0.2, 0) is 9.59 Å². The highest BCUT2D eigenvalue weighted by Gasteiger charge is 2.04. The van der Waals surface area contributed by atoms with E-state index in [1.807, 2.05) is 24.3 Å². The number of nitrogens with one attached hydrogen (secondary N) is 2. The molecule has 2 amide bonds. The topological polar surface area (TPSA) is 70.6 Å². The van der Waals surface area contributed by atoms with E-state index in [1.54, 1.807) is 6.21 Å². The van der Waals surface area contributed by atoms with Crippen molar-refractivity contribution in [2.75, 3.05) is 6.54 Å². The zero-order chi connectivity index (χ0) is 18.3. The molecule has 0 heterocycles. The lowest BCUT2D eigenvalue weighted by Gasteiger charge is -2.04. The summed E-state index contributed by atoms with van der Waals surface area (Å²) in [4.78, 5) is 23.3. The number of halogens is 1. The molecule has 0 unspecified atom stereocenters. The van der Waals surface area contributed by atoms with E-state index in [9.17, 15) is 9.59 Å². The molecule has 1 aromatic rings. The van der Waals surface area contributed by atoms with Gasteiger partial charge in [0.1, 0.15) is 0 Å². The number of unbranched alkanes of at least 4 members (excludes halogenated alkanes) is 6. The lowest BCUT2D eigenvalue weighted by molar-refractivity contribution is -0.126. The molecule has 2 N–H and O–H groups in total. The second kappa shape index (κ2) is 13.6. The molecule has 0 bridgehead atoms. The summed E-state index contributed by atoms with van der Waals surface area (Å²) >= 11 is 3.40. The Morgan fingerprint density at radius 3 is 2.44 bits per heavy atom. The average Bonchev–Trinajstić information content (AvgIpc) is 2.61. The van der Waals surface area contributed by atoms with Gasteiger partial charge in [-0.2, -0.15) is 5.10 Å². The predicted octanol–water partition coefficient (Wildman–Crippen LogP) is 4.16. The predicted molar refractivity (Wildman–Crippen MR) is 105 cm³/mol. The number of hydrogen-bond acceptors (Lipinski definition) is 3. The smallest absolute Gasteiger partial charge is 0.259 e. The van der Waals surface area contributed by atoms with Gasteiger partial charge in [0.2, 0.25) is 5.91 Å². The lowest BCUT2D eigenvalue weighted by atomic mass is 10.1. The minimum atomic E-state index is -0.337. The molecule has 0 radical (unpaired) electrons. The minimum absolute atomic E-state index is 0.0529. The van der Waals surface area contributed by atoms with Crippen LogP contribution in [0.5, 0.6) is 0 Å². The van der Waals surface area contributed by atoms with Gasteiger partial charge in [-0.05, 0) is 12.5 Å².